The average molecular weight is 239 g/mol. The minimum absolute atomic E-state index is 0.000980. The van der Waals surface area contributed by atoms with Gasteiger partial charge in [-0.1, -0.05) is 0 Å². The van der Waals surface area contributed by atoms with Crippen molar-refractivity contribution in [2.24, 2.45) is 0 Å². The zero-order valence-corrected chi connectivity index (χ0v) is 10.2. The summed E-state index contributed by atoms with van der Waals surface area (Å²) in [4.78, 5) is 18.9. The van der Waals surface area contributed by atoms with Crippen LogP contribution in [0.2, 0.25) is 0 Å². The van der Waals surface area contributed by atoms with Crippen LogP contribution in [0.15, 0.2) is 6.07 Å². The topological polar surface area (TPSA) is 84.3 Å². The number of carboxylic acid groups (broad SMARTS) is 1. The molecule has 0 radical (unpaired) electrons. The van der Waals surface area contributed by atoms with E-state index in [1.165, 1.54) is 6.07 Å². The maximum atomic E-state index is 10.8. The first-order valence-electron chi connectivity index (χ1n) is 5.37. The summed E-state index contributed by atoms with van der Waals surface area (Å²) in [6.45, 7) is 4.33. The molecule has 6 nitrogen and oxygen atoms in total. The standard InChI is InChI=1S/C11H17N3O3/c1-7(4-5-17-3)12-11-13-8(2)6-9(14-11)10(15)16/h6-7H,4-5H2,1-3H3,(H,15,16)(H,12,13,14). The molecule has 0 aliphatic heterocycles. The van der Waals surface area contributed by atoms with E-state index in [4.69, 9.17) is 9.84 Å². The van der Waals surface area contributed by atoms with E-state index in [2.05, 4.69) is 15.3 Å². The SMILES string of the molecule is COCCC(C)Nc1nc(C)cc(C(=O)O)n1. The van der Waals surface area contributed by atoms with Crippen molar-refractivity contribution in [3.8, 4) is 0 Å². The number of hydrogen-bond donors (Lipinski definition) is 2. The number of hydrogen-bond acceptors (Lipinski definition) is 5. The Morgan fingerprint density at radius 3 is 2.88 bits per heavy atom. The van der Waals surface area contributed by atoms with Crippen LogP contribution in [0.1, 0.15) is 29.5 Å². The van der Waals surface area contributed by atoms with Gasteiger partial charge in [0.25, 0.3) is 0 Å². The first-order valence-corrected chi connectivity index (χ1v) is 5.37. The molecule has 1 atom stereocenters. The van der Waals surface area contributed by atoms with Crippen molar-refractivity contribution in [3.05, 3.63) is 17.5 Å². The Bertz CT molecular complexity index is 396. The van der Waals surface area contributed by atoms with Crippen molar-refractivity contribution in [2.45, 2.75) is 26.3 Å². The van der Waals surface area contributed by atoms with Gasteiger partial charge in [0.2, 0.25) is 5.95 Å². The summed E-state index contributed by atoms with van der Waals surface area (Å²) in [5.74, 6) is -0.714. The highest BCUT2D eigenvalue weighted by Gasteiger charge is 2.10. The predicted molar refractivity (Wildman–Crippen MR) is 63.3 cm³/mol. The minimum Gasteiger partial charge on any atom is -0.477 e. The van der Waals surface area contributed by atoms with Crippen molar-refractivity contribution >= 4 is 11.9 Å². The molecule has 0 amide bonds. The zero-order valence-electron chi connectivity index (χ0n) is 10.2. The lowest BCUT2D eigenvalue weighted by Gasteiger charge is -2.13. The molecular formula is C11H17N3O3. The number of methoxy groups -OCH3 is 1. The van der Waals surface area contributed by atoms with Crippen molar-refractivity contribution in [1.29, 1.82) is 0 Å². The molecule has 1 unspecified atom stereocenters. The summed E-state index contributed by atoms with van der Waals surface area (Å²) in [5, 5.41) is 11.9. The van der Waals surface area contributed by atoms with Crippen molar-refractivity contribution in [2.75, 3.05) is 19.0 Å². The van der Waals surface area contributed by atoms with E-state index < -0.39 is 5.97 Å². The van der Waals surface area contributed by atoms with Crippen LogP contribution in [0.5, 0.6) is 0 Å². The summed E-state index contributed by atoms with van der Waals surface area (Å²) in [7, 11) is 1.64. The Balaban J connectivity index is 2.73. The molecule has 6 heteroatoms. The number of rotatable bonds is 6. The van der Waals surface area contributed by atoms with E-state index in [0.29, 0.717) is 18.2 Å². The van der Waals surface area contributed by atoms with Gasteiger partial charge in [0.05, 0.1) is 0 Å². The number of carboxylic acids is 1. The molecule has 0 bridgehead atoms. The maximum Gasteiger partial charge on any atom is 0.354 e. The lowest BCUT2D eigenvalue weighted by molar-refractivity contribution is 0.0690. The highest BCUT2D eigenvalue weighted by Crippen LogP contribution is 2.07. The lowest BCUT2D eigenvalue weighted by atomic mass is 10.2. The molecule has 17 heavy (non-hydrogen) atoms. The normalized spacial score (nSPS) is 12.2. The number of ether oxygens (including phenoxy) is 1. The van der Waals surface area contributed by atoms with Gasteiger partial charge in [-0.15, -0.1) is 0 Å². The van der Waals surface area contributed by atoms with E-state index in [1.54, 1.807) is 14.0 Å². The largest absolute Gasteiger partial charge is 0.477 e. The van der Waals surface area contributed by atoms with Crippen LogP contribution in [0.25, 0.3) is 0 Å². The molecule has 0 aliphatic carbocycles. The molecule has 0 aromatic carbocycles. The molecule has 0 fully saturated rings. The molecule has 1 aromatic heterocycles. The van der Waals surface area contributed by atoms with Gasteiger partial charge in [-0.3, -0.25) is 0 Å². The van der Waals surface area contributed by atoms with Gasteiger partial charge in [0.1, 0.15) is 0 Å². The quantitative estimate of drug-likeness (QED) is 0.778. The molecule has 0 aliphatic rings. The summed E-state index contributed by atoms with van der Waals surface area (Å²) in [6, 6.07) is 1.56. The fraction of sp³-hybridized carbons (Fsp3) is 0.545. The molecule has 1 heterocycles. The second-order valence-corrected chi connectivity index (χ2v) is 3.85. The van der Waals surface area contributed by atoms with Crippen molar-refractivity contribution < 1.29 is 14.6 Å². The minimum atomic E-state index is -1.05. The summed E-state index contributed by atoms with van der Waals surface area (Å²) in [5.41, 5.74) is 0.623. The van der Waals surface area contributed by atoms with Gasteiger partial charge in [0.15, 0.2) is 5.69 Å². The number of aryl methyl sites for hydroxylation is 1. The summed E-state index contributed by atoms with van der Waals surface area (Å²) < 4.78 is 4.96. The monoisotopic (exact) mass is 239 g/mol. The molecule has 0 spiro atoms. The molecule has 2 N–H and O–H groups in total. The Kier molecular flexibility index (Phi) is 4.84. The lowest BCUT2D eigenvalue weighted by Crippen LogP contribution is -2.20. The smallest absolute Gasteiger partial charge is 0.354 e. The number of aromatic nitrogens is 2. The van der Waals surface area contributed by atoms with E-state index in [9.17, 15) is 4.79 Å². The second kappa shape index (κ2) is 6.15. The van der Waals surface area contributed by atoms with Crippen LogP contribution in [-0.2, 0) is 4.74 Å². The van der Waals surface area contributed by atoms with Gasteiger partial charge < -0.3 is 15.2 Å². The van der Waals surface area contributed by atoms with Crippen LogP contribution >= 0.6 is 0 Å². The maximum absolute atomic E-state index is 10.8. The average Bonchev–Trinajstić information content (AvgIpc) is 2.25. The van der Waals surface area contributed by atoms with Crippen LogP contribution in [0, 0.1) is 6.92 Å². The van der Waals surface area contributed by atoms with Crippen molar-refractivity contribution in [1.82, 2.24) is 9.97 Å². The Hall–Kier alpha value is -1.69. The van der Waals surface area contributed by atoms with Crippen LogP contribution in [-0.4, -0.2) is 40.8 Å². The van der Waals surface area contributed by atoms with E-state index in [-0.39, 0.29) is 11.7 Å². The first-order chi connectivity index (χ1) is 8.02. The highest BCUT2D eigenvalue weighted by molar-refractivity contribution is 5.85. The highest BCUT2D eigenvalue weighted by atomic mass is 16.5. The predicted octanol–water partition coefficient (Wildman–Crippen LogP) is 1.32. The molecular weight excluding hydrogens is 222 g/mol. The van der Waals surface area contributed by atoms with E-state index >= 15 is 0 Å². The van der Waals surface area contributed by atoms with Gasteiger partial charge in [-0.2, -0.15) is 0 Å². The zero-order chi connectivity index (χ0) is 12.8. The second-order valence-electron chi connectivity index (χ2n) is 3.85. The first kappa shape index (κ1) is 13.4. The van der Waals surface area contributed by atoms with Gasteiger partial charge >= 0.3 is 5.97 Å². The Morgan fingerprint density at radius 1 is 1.59 bits per heavy atom. The molecule has 94 valence electrons. The third kappa shape index (κ3) is 4.36. The number of nitrogens with zero attached hydrogens (tertiary/aromatic N) is 2. The molecule has 0 saturated carbocycles. The van der Waals surface area contributed by atoms with Crippen molar-refractivity contribution in [3.63, 3.8) is 0 Å². The fourth-order valence-electron chi connectivity index (χ4n) is 1.33. The van der Waals surface area contributed by atoms with E-state index in [0.717, 1.165) is 6.42 Å². The molecule has 0 saturated heterocycles. The Morgan fingerprint density at radius 2 is 2.29 bits per heavy atom. The number of nitrogens with one attached hydrogen (secondary N) is 1. The van der Waals surface area contributed by atoms with Gasteiger partial charge in [0, 0.05) is 25.5 Å². The van der Waals surface area contributed by atoms with Crippen LogP contribution in [0.3, 0.4) is 0 Å². The Labute approximate surface area is 100 Å². The molecule has 1 rings (SSSR count). The fourth-order valence-corrected chi connectivity index (χ4v) is 1.33. The number of anilines is 1. The third-order valence-electron chi connectivity index (χ3n) is 2.20. The summed E-state index contributed by atoms with van der Waals surface area (Å²) in [6.07, 6.45) is 0.802. The van der Waals surface area contributed by atoms with Crippen LogP contribution in [0.4, 0.5) is 5.95 Å². The van der Waals surface area contributed by atoms with Gasteiger partial charge in [-0.05, 0) is 26.3 Å². The van der Waals surface area contributed by atoms with Gasteiger partial charge in [-0.25, -0.2) is 14.8 Å². The molecule has 1 aromatic rings. The number of carbonyl (C=O) groups is 1. The van der Waals surface area contributed by atoms with Crippen LogP contribution < -0.4 is 5.32 Å². The third-order valence-corrected chi connectivity index (χ3v) is 2.20. The number of aromatic carboxylic acids is 1. The van der Waals surface area contributed by atoms with E-state index in [1.807, 2.05) is 6.92 Å². The summed E-state index contributed by atoms with van der Waals surface area (Å²) >= 11 is 0.